The predicted molar refractivity (Wildman–Crippen MR) is 121 cm³/mol. The molecule has 5 nitrogen and oxygen atoms in total. The molecule has 1 amide bonds. The number of benzene rings is 1. The van der Waals surface area contributed by atoms with Gasteiger partial charge in [-0.25, -0.2) is 9.37 Å². The Labute approximate surface area is 182 Å². The zero-order valence-electron chi connectivity index (χ0n) is 17.1. The lowest BCUT2D eigenvalue weighted by Gasteiger charge is -2.21. The van der Waals surface area contributed by atoms with Crippen LogP contribution in [0.3, 0.4) is 0 Å². The summed E-state index contributed by atoms with van der Waals surface area (Å²) in [6.07, 6.45) is 4.25. The minimum atomic E-state index is -0.334. The average molecular weight is 446 g/mol. The van der Waals surface area contributed by atoms with E-state index in [-0.39, 0.29) is 23.0 Å². The summed E-state index contributed by atoms with van der Waals surface area (Å²) in [5.41, 5.74) is 1.84. The molecule has 1 aliphatic rings. The quantitative estimate of drug-likeness (QED) is 0.410. The topological polar surface area (TPSA) is 55.2 Å². The SMILES string of the molecule is CCN(C(=O)CSc1nc2sc3c(c2c(=O)n1CC)CCCC3)c1ccc(F)cc1. The Kier molecular flexibility index (Phi) is 6.24. The first kappa shape index (κ1) is 21.1. The van der Waals surface area contributed by atoms with Crippen molar-refractivity contribution in [2.24, 2.45) is 0 Å². The smallest absolute Gasteiger partial charge is 0.263 e. The van der Waals surface area contributed by atoms with Crippen molar-refractivity contribution < 1.29 is 9.18 Å². The van der Waals surface area contributed by atoms with Crippen molar-refractivity contribution in [3.8, 4) is 0 Å². The highest BCUT2D eigenvalue weighted by molar-refractivity contribution is 7.99. The fourth-order valence-corrected chi connectivity index (χ4v) is 6.18. The van der Waals surface area contributed by atoms with E-state index in [9.17, 15) is 14.0 Å². The molecule has 1 aliphatic carbocycles. The highest BCUT2D eigenvalue weighted by atomic mass is 32.2. The molecule has 4 rings (SSSR count). The molecule has 0 bridgehead atoms. The summed E-state index contributed by atoms with van der Waals surface area (Å²) in [6.45, 7) is 4.80. The molecule has 0 fully saturated rings. The minimum absolute atomic E-state index is 0.00253. The van der Waals surface area contributed by atoms with Crippen LogP contribution in [0, 0.1) is 5.82 Å². The van der Waals surface area contributed by atoms with E-state index in [2.05, 4.69) is 0 Å². The molecule has 158 valence electrons. The molecule has 0 N–H and O–H groups in total. The van der Waals surface area contributed by atoms with Crippen molar-refractivity contribution in [3.05, 3.63) is 50.9 Å². The molecule has 2 heterocycles. The van der Waals surface area contributed by atoms with Crippen LogP contribution in [0.4, 0.5) is 10.1 Å². The predicted octanol–water partition coefficient (Wildman–Crippen LogP) is 4.64. The van der Waals surface area contributed by atoms with Gasteiger partial charge >= 0.3 is 0 Å². The highest BCUT2D eigenvalue weighted by Gasteiger charge is 2.23. The maximum absolute atomic E-state index is 13.2. The monoisotopic (exact) mass is 445 g/mol. The van der Waals surface area contributed by atoms with Gasteiger partial charge < -0.3 is 4.90 Å². The van der Waals surface area contributed by atoms with Gasteiger partial charge in [0, 0.05) is 23.7 Å². The van der Waals surface area contributed by atoms with Gasteiger partial charge in [-0.2, -0.15) is 0 Å². The van der Waals surface area contributed by atoms with Crippen LogP contribution >= 0.6 is 23.1 Å². The number of halogens is 1. The average Bonchev–Trinajstić information content (AvgIpc) is 3.12. The van der Waals surface area contributed by atoms with E-state index in [1.807, 2.05) is 13.8 Å². The lowest BCUT2D eigenvalue weighted by molar-refractivity contribution is -0.116. The van der Waals surface area contributed by atoms with Crippen molar-refractivity contribution in [1.82, 2.24) is 9.55 Å². The van der Waals surface area contributed by atoms with Crippen LogP contribution in [-0.2, 0) is 24.2 Å². The van der Waals surface area contributed by atoms with E-state index in [4.69, 9.17) is 4.98 Å². The van der Waals surface area contributed by atoms with E-state index in [0.717, 1.165) is 35.9 Å². The molecule has 30 heavy (non-hydrogen) atoms. The summed E-state index contributed by atoms with van der Waals surface area (Å²) in [5.74, 6) is -0.273. The summed E-state index contributed by atoms with van der Waals surface area (Å²) < 4.78 is 14.9. The van der Waals surface area contributed by atoms with E-state index < -0.39 is 0 Å². The number of amides is 1. The second-order valence-electron chi connectivity index (χ2n) is 7.24. The number of aryl methyl sites for hydroxylation is 2. The van der Waals surface area contributed by atoms with Gasteiger partial charge in [-0.15, -0.1) is 11.3 Å². The van der Waals surface area contributed by atoms with Gasteiger partial charge in [0.1, 0.15) is 10.6 Å². The van der Waals surface area contributed by atoms with Crippen LogP contribution < -0.4 is 10.5 Å². The summed E-state index contributed by atoms with van der Waals surface area (Å²) in [5, 5.41) is 1.35. The third-order valence-corrected chi connectivity index (χ3v) is 7.58. The van der Waals surface area contributed by atoms with E-state index >= 15 is 0 Å². The number of thiophene rings is 1. The number of aromatic nitrogens is 2. The first-order chi connectivity index (χ1) is 14.5. The third-order valence-electron chi connectivity index (χ3n) is 5.44. The second kappa shape index (κ2) is 8.89. The summed E-state index contributed by atoms with van der Waals surface area (Å²) >= 11 is 2.91. The molecule has 0 aliphatic heterocycles. The van der Waals surface area contributed by atoms with Crippen molar-refractivity contribution in [2.75, 3.05) is 17.2 Å². The molecule has 0 unspecified atom stereocenters. The van der Waals surface area contributed by atoms with Crippen molar-refractivity contribution in [2.45, 2.75) is 51.2 Å². The fourth-order valence-electron chi connectivity index (χ4n) is 3.94. The summed E-state index contributed by atoms with van der Waals surface area (Å²) in [6, 6.07) is 5.90. The van der Waals surface area contributed by atoms with Gasteiger partial charge in [0.15, 0.2) is 5.16 Å². The molecule has 1 aromatic carbocycles. The fraction of sp³-hybridized carbons (Fsp3) is 0.409. The highest BCUT2D eigenvalue weighted by Crippen LogP contribution is 2.34. The standard InChI is InChI=1S/C22H24FN3O2S2/c1-3-25(15-11-9-14(23)10-12-15)18(27)13-29-22-24-20-19(21(28)26(22)4-2)16-7-5-6-8-17(16)30-20/h9-12H,3-8,13H2,1-2H3. The Hall–Kier alpha value is -2.19. The van der Waals surface area contributed by atoms with Crippen molar-refractivity contribution in [3.63, 3.8) is 0 Å². The van der Waals surface area contributed by atoms with Crippen molar-refractivity contribution in [1.29, 1.82) is 0 Å². The number of fused-ring (bicyclic) bond motifs is 3. The molecular formula is C22H24FN3O2S2. The number of anilines is 1. The molecule has 0 atom stereocenters. The number of rotatable bonds is 6. The third kappa shape index (κ3) is 3.90. The number of thioether (sulfide) groups is 1. The van der Waals surface area contributed by atoms with Crippen LogP contribution in [0.15, 0.2) is 34.2 Å². The Balaban J connectivity index is 1.61. The summed E-state index contributed by atoms with van der Waals surface area (Å²) in [7, 11) is 0. The molecule has 0 spiro atoms. The molecule has 0 radical (unpaired) electrons. The second-order valence-corrected chi connectivity index (χ2v) is 9.26. The van der Waals surface area contributed by atoms with Crippen LogP contribution in [0.2, 0.25) is 0 Å². The Bertz CT molecular complexity index is 1140. The van der Waals surface area contributed by atoms with Gasteiger partial charge in [0.2, 0.25) is 5.91 Å². The zero-order valence-corrected chi connectivity index (χ0v) is 18.7. The number of hydrogen-bond donors (Lipinski definition) is 0. The van der Waals surface area contributed by atoms with Crippen LogP contribution in [0.1, 0.15) is 37.1 Å². The molecule has 2 aromatic heterocycles. The van der Waals surface area contributed by atoms with Crippen LogP contribution in [-0.4, -0.2) is 27.8 Å². The van der Waals surface area contributed by atoms with Crippen LogP contribution in [0.5, 0.6) is 0 Å². The minimum Gasteiger partial charge on any atom is -0.312 e. The van der Waals surface area contributed by atoms with Crippen molar-refractivity contribution >= 4 is 44.9 Å². The van der Waals surface area contributed by atoms with E-state index in [0.29, 0.717) is 23.9 Å². The first-order valence-corrected chi connectivity index (χ1v) is 12.1. The summed E-state index contributed by atoms with van der Waals surface area (Å²) in [4.78, 5) is 34.5. The Morgan fingerprint density at radius 1 is 1.23 bits per heavy atom. The van der Waals surface area contributed by atoms with Gasteiger partial charge in [0.25, 0.3) is 5.56 Å². The number of hydrogen-bond acceptors (Lipinski definition) is 5. The molecular weight excluding hydrogens is 421 g/mol. The van der Waals surface area contributed by atoms with E-state index in [1.54, 1.807) is 32.9 Å². The molecule has 0 saturated heterocycles. The maximum Gasteiger partial charge on any atom is 0.263 e. The molecule has 3 aromatic rings. The number of nitrogens with zero attached hydrogens (tertiary/aromatic N) is 3. The lowest BCUT2D eigenvalue weighted by atomic mass is 9.97. The maximum atomic E-state index is 13.2. The molecule has 0 saturated carbocycles. The van der Waals surface area contributed by atoms with Gasteiger partial charge in [0.05, 0.1) is 11.1 Å². The Morgan fingerprint density at radius 2 is 1.97 bits per heavy atom. The lowest BCUT2D eigenvalue weighted by Crippen LogP contribution is -2.32. The van der Waals surface area contributed by atoms with Gasteiger partial charge in [-0.3, -0.25) is 14.2 Å². The van der Waals surface area contributed by atoms with Crippen LogP contribution in [0.25, 0.3) is 10.2 Å². The Morgan fingerprint density at radius 3 is 2.67 bits per heavy atom. The van der Waals surface area contributed by atoms with E-state index in [1.165, 1.54) is 34.3 Å². The molecule has 8 heteroatoms. The number of carbonyl (C=O) groups is 1. The first-order valence-electron chi connectivity index (χ1n) is 10.3. The van der Waals surface area contributed by atoms with Gasteiger partial charge in [-0.05, 0) is 69.4 Å². The number of carbonyl (C=O) groups excluding carboxylic acids is 1. The van der Waals surface area contributed by atoms with Gasteiger partial charge in [-0.1, -0.05) is 11.8 Å². The normalized spacial score (nSPS) is 13.4. The zero-order chi connectivity index (χ0) is 21.3. The largest absolute Gasteiger partial charge is 0.312 e.